The van der Waals surface area contributed by atoms with Crippen LogP contribution in [0.1, 0.15) is 28.9 Å². The van der Waals surface area contributed by atoms with E-state index in [1.54, 1.807) is 0 Å². The third-order valence-electron chi connectivity index (χ3n) is 6.21. The molecule has 3 N–H and O–H groups in total. The molecule has 1 fully saturated rings. The number of rotatable bonds is 8. The van der Waals surface area contributed by atoms with Gasteiger partial charge in [0.1, 0.15) is 21.2 Å². The molecule has 1 aliphatic heterocycles. The van der Waals surface area contributed by atoms with E-state index in [2.05, 4.69) is 10.2 Å². The maximum absolute atomic E-state index is 12.9. The molecule has 9 heteroatoms. The molecule has 1 saturated heterocycles. The number of benzene rings is 1. The number of furan rings is 1. The van der Waals surface area contributed by atoms with E-state index in [4.69, 9.17) is 15.1 Å². The molecule has 0 spiro atoms. The number of hydrogen-bond donors (Lipinski definition) is 2. The summed E-state index contributed by atoms with van der Waals surface area (Å²) in [5.41, 5.74) is 7.86. The molecule has 3 aromatic heterocycles. The van der Waals surface area contributed by atoms with Gasteiger partial charge >= 0.3 is 0 Å². The van der Waals surface area contributed by atoms with Gasteiger partial charge < -0.3 is 20.4 Å². The van der Waals surface area contributed by atoms with Crippen LogP contribution in [0, 0.1) is 5.92 Å². The van der Waals surface area contributed by atoms with Crippen molar-refractivity contribution in [2.45, 2.75) is 19.3 Å². The van der Waals surface area contributed by atoms with E-state index >= 15 is 0 Å². The summed E-state index contributed by atoms with van der Waals surface area (Å²) < 4.78 is 5.94. The lowest BCUT2D eigenvalue weighted by molar-refractivity contribution is -0.123. The zero-order chi connectivity index (χ0) is 23.5. The predicted molar refractivity (Wildman–Crippen MR) is 136 cm³/mol. The topological polar surface area (TPSA) is 101 Å². The third-order valence-corrected chi connectivity index (χ3v) is 8.00. The second-order valence-electron chi connectivity index (χ2n) is 8.48. The molecule has 0 aliphatic carbocycles. The number of likely N-dealkylation sites (tertiary alicyclic amines) is 1. The Hall–Kier alpha value is -3.01. The van der Waals surface area contributed by atoms with Crippen molar-refractivity contribution in [2.75, 3.05) is 26.2 Å². The smallest absolute Gasteiger partial charge is 0.262 e. The molecule has 5 rings (SSSR count). The van der Waals surface area contributed by atoms with Gasteiger partial charge in [0.2, 0.25) is 5.91 Å². The van der Waals surface area contributed by atoms with Gasteiger partial charge in [-0.1, -0.05) is 18.2 Å². The first-order chi connectivity index (χ1) is 16.6. The average Bonchev–Trinajstić information content (AvgIpc) is 3.60. The van der Waals surface area contributed by atoms with Gasteiger partial charge in [0, 0.05) is 28.8 Å². The van der Waals surface area contributed by atoms with Crippen molar-refractivity contribution < 1.29 is 14.0 Å². The number of piperidine rings is 1. The van der Waals surface area contributed by atoms with E-state index in [9.17, 15) is 9.59 Å². The Kier molecular flexibility index (Phi) is 6.75. The standard InChI is InChI=1S/C25H26N4O3S2/c26-23(30)16-6-11-29(12-7-16)10-3-9-27-24(31)22-18(8-13-33-22)25-28-19(15-34-25)21-14-17-4-1-2-5-20(17)32-21/h1-2,4-5,8,13-16H,3,6-7,9-12H2,(H2,26,30)(H,27,31). The lowest BCUT2D eigenvalue weighted by Gasteiger charge is -2.30. The molecule has 4 heterocycles. The number of nitrogens with zero attached hydrogens (tertiary/aromatic N) is 2. The molecule has 34 heavy (non-hydrogen) atoms. The van der Waals surface area contributed by atoms with Crippen molar-refractivity contribution in [2.24, 2.45) is 11.7 Å². The number of thiophene rings is 1. The summed E-state index contributed by atoms with van der Waals surface area (Å²) in [5, 5.41) is 8.79. The largest absolute Gasteiger partial charge is 0.454 e. The highest BCUT2D eigenvalue weighted by Crippen LogP contribution is 2.35. The Balaban J connectivity index is 1.17. The van der Waals surface area contributed by atoms with Crippen LogP contribution in [0.25, 0.3) is 33.0 Å². The molecular weight excluding hydrogens is 468 g/mol. The van der Waals surface area contributed by atoms with E-state index in [0.717, 1.165) is 71.9 Å². The summed E-state index contributed by atoms with van der Waals surface area (Å²) in [6.45, 7) is 3.27. The Labute approximate surface area is 205 Å². The predicted octanol–water partition coefficient (Wildman–Crippen LogP) is 4.60. The highest BCUT2D eigenvalue weighted by Gasteiger charge is 2.23. The summed E-state index contributed by atoms with van der Waals surface area (Å²) in [4.78, 5) is 31.9. The normalized spacial score (nSPS) is 15.1. The molecule has 0 radical (unpaired) electrons. The highest BCUT2D eigenvalue weighted by atomic mass is 32.1. The second kappa shape index (κ2) is 10.1. The van der Waals surface area contributed by atoms with E-state index in [-0.39, 0.29) is 17.7 Å². The molecule has 0 unspecified atom stereocenters. The van der Waals surface area contributed by atoms with Crippen LogP contribution in [0.2, 0.25) is 0 Å². The SMILES string of the molecule is NC(=O)C1CCN(CCCNC(=O)c2sccc2-c2nc(-c3cc4ccccc4o3)cs2)CC1. The van der Waals surface area contributed by atoms with E-state index < -0.39 is 0 Å². The molecule has 1 aliphatic rings. The lowest BCUT2D eigenvalue weighted by Crippen LogP contribution is -2.39. The minimum Gasteiger partial charge on any atom is -0.454 e. The van der Waals surface area contributed by atoms with Gasteiger partial charge in [0.15, 0.2) is 5.76 Å². The fraction of sp³-hybridized carbons (Fsp3) is 0.320. The fourth-order valence-electron chi connectivity index (χ4n) is 4.30. The van der Waals surface area contributed by atoms with Crippen molar-refractivity contribution in [3.63, 3.8) is 0 Å². The maximum Gasteiger partial charge on any atom is 0.262 e. The highest BCUT2D eigenvalue weighted by molar-refractivity contribution is 7.15. The maximum atomic E-state index is 12.9. The van der Waals surface area contributed by atoms with Crippen molar-refractivity contribution in [3.8, 4) is 22.0 Å². The third kappa shape index (κ3) is 4.91. The van der Waals surface area contributed by atoms with Crippen LogP contribution >= 0.6 is 22.7 Å². The van der Waals surface area contributed by atoms with Crippen LogP contribution < -0.4 is 11.1 Å². The van der Waals surface area contributed by atoms with Gasteiger partial charge in [0.25, 0.3) is 5.91 Å². The van der Waals surface area contributed by atoms with Gasteiger partial charge in [0.05, 0.1) is 0 Å². The van der Waals surface area contributed by atoms with Gasteiger partial charge in [-0.2, -0.15) is 0 Å². The van der Waals surface area contributed by atoms with Crippen LogP contribution in [0.5, 0.6) is 0 Å². The molecule has 0 bridgehead atoms. The average molecular weight is 495 g/mol. The quantitative estimate of drug-likeness (QED) is 0.349. The molecule has 0 saturated carbocycles. The number of carbonyl (C=O) groups is 2. The molecule has 2 amide bonds. The van der Waals surface area contributed by atoms with Crippen LogP contribution in [-0.4, -0.2) is 47.9 Å². The van der Waals surface area contributed by atoms with Gasteiger partial charge in [-0.05, 0) is 62.5 Å². The number of hydrogen-bond acceptors (Lipinski definition) is 7. The number of primary amides is 1. The number of carbonyl (C=O) groups excluding carboxylic acids is 2. The fourth-order valence-corrected chi connectivity index (χ4v) is 6.01. The first-order valence-electron chi connectivity index (χ1n) is 11.4. The number of amides is 2. The Bertz CT molecular complexity index is 1270. The van der Waals surface area contributed by atoms with Crippen molar-refractivity contribution in [3.05, 3.63) is 52.0 Å². The summed E-state index contributed by atoms with van der Waals surface area (Å²) in [6, 6.07) is 11.8. The first kappa shape index (κ1) is 22.8. The van der Waals surface area contributed by atoms with Crippen molar-refractivity contribution >= 4 is 45.5 Å². The summed E-state index contributed by atoms with van der Waals surface area (Å²) in [7, 11) is 0. The number of para-hydroxylation sites is 1. The molecule has 4 aromatic rings. The van der Waals surface area contributed by atoms with Crippen molar-refractivity contribution in [1.29, 1.82) is 0 Å². The van der Waals surface area contributed by atoms with Crippen LogP contribution in [0.3, 0.4) is 0 Å². The molecule has 0 atom stereocenters. The Morgan fingerprint density at radius 1 is 1.18 bits per heavy atom. The molecular formula is C25H26N4O3S2. The second-order valence-corrected chi connectivity index (χ2v) is 10.3. The first-order valence-corrected chi connectivity index (χ1v) is 13.2. The monoisotopic (exact) mass is 494 g/mol. The molecule has 1 aromatic carbocycles. The Morgan fingerprint density at radius 2 is 2.00 bits per heavy atom. The minimum absolute atomic E-state index is 0.00595. The summed E-state index contributed by atoms with van der Waals surface area (Å²) in [6.07, 6.45) is 2.51. The number of aromatic nitrogens is 1. The molecule has 7 nitrogen and oxygen atoms in total. The van der Waals surface area contributed by atoms with E-state index in [1.165, 1.54) is 22.7 Å². The van der Waals surface area contributed by atoms with Gasteiger partial charge in [-0.3, -0.25) is 9.59 Å². The van der Waals surface area contributed by atoms with Crippen LogP contribution in [-0.2, 0) is 4.79 Å². The lowest BCUT2D eigenvalue weighted by atomic mass is 9.96. The number of nitrogens with two attached hydrogens (primary N) is 1. The van der Waals surface area contributed by atoms with Crippen LogP contribution in [0.15, 0.2) is 51.6 Å². The van der Waals surface area contributed by atoms with Crippen LogP contribution in [0.4, 0.5) is 0 Å². The van der Waals surface area contributed by atoms with Gasteiger partial charge in [-0.25, -0.2) is 4.98 Å². The Morgan fingerprint density at radius 3 is 2.79 bits per heavy atom. The van der Waals surface area contributed by atoms with E-state index in [0.29, 0.717) is 11.4 Å². The molecule has 176 valence electrons. The number of nitrogens with one attached hydrogen (secondary N) is 1. The van der Waals surface area contributed by atoms with Crippen molar-refractivity contribution in [1.82, 2.24) is 15.2 Å². The van der Waals surface area contributed by atoms with E-state index in [1.807, 2.05) is 47.2 Å². The number of thiazole rings is 1. The summed E-state index contributed by atoms with van der Waals surface area (Å²) >= 11 is 2.94. The minimum atomic E-state index is -0.191. The van der Waals surface area contributed by atoms with Gasteiger partial charge in [-0.15, -0.1) is 22.7 Å². The number of fused-ring (bicyclic) bond motifs is 1. The zero-order valence-corrected chi connectivity index (χ0v) is 20.3. The summed E-state index contributed by atoms with van der Waals surface area (Å²) in [5.74, 6) is 0.470. The zero-order valence-electron chi connectivity index (χ0n) is 18.7.